The molecule has 1 aromatic rings. The number of aliphatic hydroxyl groups is 1. The lowest BCUT2D eigenvalue weighted by molar-refractivity contribution is -0.133. The minimum Gasteiger partial charge on any atom is -0.383 e. The topological polar surface area (TPSA) is 70.4 Å². The Kier molecular flexibility index (Phi) is 4.55. The fourth-order valence-corrected chi connectivity index (χ4v) is 2.90. The third-order valence-electron chi connectivity index (χ3n) is 4.48. The minimum atomic E-state index is -0.834. The van der Waals surface area contributed by atoms with E-state index in [1.165, 1.54) is 0 Å². The van der Waals surface area contributed by atoms with Gasteiger partial charge in [0.1, 0.15) is 6.10 Å². The van der Waals surface area contributed by atoms with E-state index in [0.29, 0.717) is 6.04 Å². The third kappa shape index (κ3) is 4.04. The molecule has 2 N–H and O–H groups in total. The molecule has 3 rings (SSSR count). The van der Waals surface area contributed by atoms with Gasteiger partial charge in [-0.05, 0) is 50.8 Å². The zero-order valence-electron chi connectivity index (χ0n) is 12.3. The van der Waals surface area contributed by atoms with E-state index in [4.69, 9.17) is 0 Å². The van der Waals surface area contributed by atoms with Gasteiger partial charge in [0.15, 0.2) is 0 Å². The number of nitrogens with zero attached hydrogens (tertiary/aromatic N) is 3. The average molecular weight is 292 g/mol. The average Bonchev–Trinajstić information content (AvgIpc) is 3.16. The number of carbonyl (C=O) groups is 1. The van der Waals surface area contributed by atoms with Gasteiger partial charge in [0.25, 0.3) is 0 Å². The molecule has 2 fully saturated rings. The van der Waals surface area contributed by atoms with Crippen LogP contribution in [0.1, 0.15) is 25.7 Å². The minimum absolute atomic E-state index is 0.102. The molecule has 1 aromatic heterocycles. The summed E-state index contributed by atoms with van der Waals surface area (Å²) < 4.78 is 1.93. The predicted molar refractivity (Wildman–Crippen MR) is 78.6 cm³/mol. The van der Waals surface area contributed by atoms with Crippen LogP contribution >= 0.6 is 0 Å². The number of hydrogen-bond acceptors (Lipinski definition) is 4. The lowest BCUT2D eigenvalue weighted by atomic mass is 9.90. The van der Waals surface area contributed by atoms with Gasteiger partial charge in [-0.15, -0.1) is 0 Å². The number of piperidine rings is 1. The number of aliphatic hydroxyl groups excluding tert-OH is 1. The van der Waals surface area contributed by atoms with Gasteiger partial charge in [-0.25, -0.2) is 0 Å². The number of amides is 1. The number of hydrogen-bond donors (Lipinski definition) is 2. The van der Waals surface area contributed by atoms with E-state index in [1.54, 1.807) is 6.20 Å². The summed E-state index contributed by atoms with van der Waals surface area (Å²) in [5, 5.41) is 17.2. The molecule has 0 spiro atoms. The molecule has 1 amide bonds. The predicted octanol–water partition coefficient (Wildman–Crippen LogP) is 0.235. The summed E-state index contributed by atoms with van der Waals surface area (Å²) in [4.78, 5) is 14.2. The van der Waals surface area contributed by atoms with Crippen LogP contribution in [0.3, 0.4) is 0 Å². The van der Waals surface area contributed by atoms with E-state index in [-0.39, 0.29) is 11.8 Å². The van der Waals surface area contributed by atoms with Crippen molar-refractivity contribution in [3.05, 3.63) is 18.5 Å². The van der Waals surface area contributed by atoms with Gasteiger partial charge in [-0.2, -0.15) is 5.10 Å². The molecule has 1 atom stereocenters. The highest BCUT2D eigenvalue weighted by Gasteiger charge is 2.32. The summed E-state index contributed by atoms with van der Waals surface area (Å²) >= 11 is 0. The largest absolute Gasteiger partial charge is 0.383 e. The third-order valence-corrected chi connectivity index (χ3v) is 4.48. The van der Waals surface area contributed by atoms with Crippen molar-refractivity contribution >= 4 is 5.91 Å². The van der Waals surface area contributed by atoms with Gasteiger partial charge >= 0.3 is 0 Å². The van der Waals surface area contributed by atoms with Gasteiger partial charge in [0, 0.05) is 25.0 Å². The molecule has 0 bridgehead atoms. The first-order valence-electron chi connectivity index (χ1n) is 7.90. The van der Waals surface area contributed by atoms with Crippen molar-refractivity contribution in [3.63, 3.8) is 0 Å². The molecule has 0 radical (unpaired) electrons. The molecule has 6 nitrogen and oxygen atoms in total. The van der Waals surface area contributed by atoms with Crippen LogP contribution in [0.5, 0.6) is 0 Å². The monoisotopic (exact) mass is 292 g/mol. The van der Waals surface area contributed by atoms with Crippen molar-refractivity contribution < 1.29 is 9.90 Å². The molecule has 1 aliphatic carbocycles. The maximum Gasteiger partial charge on any atom is 0.249 e. The maximum atomic E-state index is 11.9. The van der Waals surface area contributed by atoms with Gasteiger partial charge in [0.2, 0.25) is 5.91 Å². The highest BCUT2D eigenvalue weighted by Crippen LogP contribution is 2.23. The van der Waals surface area contributed by atoms with Crippen molar-refractivity contribution in [2.45, 2.75) is 44.4 Å². The second kappa shape index (κ2) is 6.58. The number of carbonyl (C=O) groups excluding carboxylic acids is 1. The zero-order chi connectivity index (χ0) is 14.7. The van der Waals surface area contributed by atoms with E-state index in [9.17, 15) is 9.90 Å². The second-order valence-electron chi connectivity index (χ2n) is 6.18. The van der Waals surface area contributed by atoms with Gasteiger partial charge in [-0.1, -0.05) is 0 Å². The highest BCUT2D eigenvalue weighted by molar-refractivity contribution is 5.81. The number of rotatable bonds is 6. The Morgan fingerprint density at radius 2 is 2.05 bits per heavy atom. The summed E-state index contributed by atoms with van der Waals surface area (Å²) in [7, 11) is 0. The van der Waals surface area contributed by atoms with Crippen LogP contribution < -0.4 is 5.32 Å². The Morgan fingerprint density at radius 3 is 2.67 bits per heavy atom. The van der Waals surface area contributed by atoms with Gasteiger partial charge in [0.05, 0.1) is 6.54 Å². The Labute approximate surface area is 125 Å². The molecule has 0 unspecified atom stereocenters. The standard InChI is InChI=1S/C15H24N4O2/c20-14(15(21)17-13-2-3-13)12-4-8-18(9-5-12)10-11-19-7-1-6-16-19/h1,6-7,12-14,20H,2-5,8-11H2,(H,17,21)/t14-/m0/s1. The molecule has 6 heteroatoms. The molecule has 1 aliphatic heterocycles. The Bertz CT molecular complexity index is 450. The fourth-order valence-electron chi connectivity index (χ4n) is 2.90. The molecular formula is C15H24N4O2. The summed E-state index contributed by atoms with van der Waals surface area (Å²) in [6.45, 7) is 3.75. The van der Waals surface area contributed by atoms with E-state index < -0.39 is 6.10 Å². The molecule has 21 heavy (non-hydrogen) atoms. The highest BCUT2D eigenvalue weighted by atomic mass is 16.3. The van der Waals surface area contributed by atoms with Crippen LogP contribution in [-0.4, -0.2) is 57.5 Å². The Hall–Kier alpha value is -1.40. The maximum absolute atomic E-state index is 11.9. The summed E-state index contributed by atoms with van der Waals surface area (Å²) in [6.07, 6.45) is 6.82. The summed E-state index contributed by atoms with van der Waals surface area (Å²) in [5.74, 6) is -0.0720. The van der Waals surface area contributed by atoms with Crippen LogP contribution in [0.2, 0.25) is 0 Å². The molecule has 1 saturated carbocycles. The Balaban J connectivity index is 1.38. The molecule has 1 saturated heterocycles. The lowest BCUT2D eigenvalue weighted by Crippen LogP contribution is -2.45. The van der Waals surface area contributed by atoms with E-state index in [0.717, 1.165) is 51.9 Å². The summed E-state index contributed by atoms with van der Waals surface area (Å²) in [6, 6.07) is 2.25. The normalized spacial score (nSPS) is 22.1. The van der Waals surface area contributed by atoms with Crippen molar-refractivity contribution in [3.8, 4) is 0 Å². The second-order valence-corrected chi connectivity index (χ2v) is 6.18. The van der Waals surface area contributed by atoms with E-state index >= 15 is 0 Å². The number of nitrogens with one attached hydrogen (secondary N) is 1. The zero-order valence-corrected chi connectivity index (χ0v) is 12.3. The quantitative estimate of drug-likeness (QED) is 0.788. The van der Waals surface area contributed by atoms with Crippen molar-refractivity contribution in [2.75, 3.05) is 19.6 Å². The van der Waals surface area contributed by atoms with E-state index in [2.05, 4.69) is 15.3 Å². The van der Waals surface area contributed by atoms with Crippen molar-refractivity contribution in [2.24, 2.45) is 5.92 Å². The first kappa shape index (κ1) is 14.5. The number of aromatic nitrogens is 2. The fraction of sp³-hybridized carbons (Fsp3) is 0.733. The number of likely N-dealkylation sites (tertiary alicyclic amines) is 1. The molecular weight excluding hydrogens is 268 g/mol. The molecule has 116 valence electrons. The van der Waals surface area contributed by atoms with Crippen LogP contribution in [0.15, 0.2) is 18.5 Å². The molecule has 2 aliphatic rings. The lowest BCUT2D eigenvalue weighted by Gasteiger charge is -2.33. The van der Waals surface area contributed by atoms with Crippen LogP contribution in [0.4, 0.5) is 0 Å². The van der Waals surface area contributed by atoms with Crippen LogP contribution in [0.25, 0.3) is 0 Å². The van der Waals surface area contributed by atoms with E-state index in [1.807, 2.05) is 16.9 Å². The smallest absolute Gasteiger partial charge is 0.249 e. The van der Waals surface area contributed by atoms with Crippen molar-refractivity contribution in [1.29, 1.82) is 0 Å². The van der Waals surface area contributed by atoms with Crippen LogP contribution in [0, 0.1) is 5.92 Å². The SMILES string of the molecule is O=C(NC1CC1)[C@@H](O)C1CCN(CCn2cccn2)CC1. The van der Waals surface area contributed by atoms with Crippen molar-refractivity contribution in [1.82, 2.24) is 20.0 Å². The summed E-state index contributed by atoms with van der Waals surface area (Å²) in [5.41, 5.74) is 0. The Morgan fingerprint density at radius 1 is 1.29 bits per heavy atom. The first-order valence-corrected chi connectivity index (χ1v) is 7.90. The molecule has 0 aromatic carbocycles. The molecule has 2 heterocycles. The van der Waals surface area contributed by atoms with Gasteiger partial charge in [-0.3, -0.25) is 9.48 Å². The van der Waals surface area contributed by atoms with Crippen LogP contribution in [-0.2, 0) is 11.3 Å². The van der Waals surface area contributed by atoms with Gasteiger partial charge < -0.3 is 15.3 Å². The first-order chi connectivity index (χ1) is 10.2.